The van der Waals surface area contributed by atoms with Crippen molar-refractivity contribution in [2.24, 2.45) is 0 Å². The molecule has 464 valence electrons. The molecule has 1 unspecified atom stereocenters. The molecular weight excluding hydrogens is 997 g/mol. The number of unbranched alkanes of at least 4 members (excludes halogenated alkanes) is 33. The molecule has 0 heterocycles. The summed E-state index contributed by atoms with van der Waals surface area (Å²) in [6.45, 7) is 6.50. The molecule has 0 aliphatic heterocycles. The minimum absolute atomic E-state index is 0.0946. The quantitative estimate of drug-likeness (QED) is 0.0261. The maximum atomic E-state index is 12.9. The smallest absolute Gasteiger partial charge is 0.306 e. The number of hydrogen-bond donors (Lipinski definition) is 0. The molecule has 0 amide bonds. The van der Waals surface area contributed by atoms with Crippen LogP contribution in [0.2, 0.25) is 0 Å². The summed E-state index contributed by atoms with van der Waals surface area (Å²) in [5.74, 6) is -0.935. The highest BCUT2D eigenvalue weighted by atomic mass is 16.6. The van der Waals surface area contributed by atoms with Crippen molar-refractivity contribution in [1.29, 1.82) is 0 Å². The van der Waals surface area contributed by atoms with Gasteiger partial charge in [-0.1, -0.05) is 310 Å². The monoisotopic (exact) mass is 1120 g/mol. The zero-order valence-electron chi connectivity index (χ0n) is 53.3. The highest BCUT2D eigenvalue weighted by molar-refractivity contribution is 5.71. The van der Waals surface area contributed by atoms with Crippen molar-refractivity contribution < 1.29 is 28.6 Å². The van der Waals surface area contributed by atoms with Gasteiger partial charge in [0, 0.05) is 19.3 Å². The largest absolute Gasteiger partial charge is 0.462 e. The van der Waals surface area contributed by atoms with Crippen LogP contribution >= 0.6 is 0 Å². The van der Waals surface area contributed by atoms with E-state index in [4.69, 9.17) is 14.2 Å². The van der Waals surface area contributed by atoms with Crippen LogP contribution in [0.15, 0.2) is 109 Å². The molecule has 1 atom stereocenters. The molecule has 6 heteroatoms. The zero-order chi connectivity index (χ0) is 58.5. The number of hydrogen-bond acceptors (Lipinski definition) is 6. The first-order valence-electron chi connectivity index (χ1n) is 34.4. The molecule has 0 aromatic carbocycles. The number of allylic oxidation sites excluding steroid dienone is 18. The van der Waals surface area contributed by atoms with Crippen molar-refractivity contribution >= 4 is 17.9 Å². The number of carbonyl (C=O) groups excluding carboxylic acids is 3. The van der Waals surface area contributed by atoms with Gasteiger partial charge in [0.05, 0.1) is 0 Å². The fourth-order valence-electron chi connectivity index (χ4n) is 9.63. The Labute approximate surface area is 501 Å². The lowest BCUT2D eigenvalue weighted by molar-refractivity contribution is -0.167. The Balaban J connectivity index is 4.39. The van der Waals surface area contributed by atoms with Gasteiger partial charge >= 0.3 is 17.9 Å². The minimum Gasteiger partial charge on any atom is -0.462 e. The SMILES string of the molecule is CC/C=C\C/C=C\C/C=C\C/C=C\C/C=C\C/C=C\C/C=C\C/C=C\CCCCC(=O)OCC(COC(=O)CCCCCCC/C=C\CCCCCC)OC(=O)CCCCCCCCCCCCCCCCCCCCCCCCC. The Morgan fingerprint density at radius 3 is 0.802 bits per heavy atom. The van der Waals surface area contributed by atoms with E-state index < -0.39 is 6.10 Å². The second-order valence-corrected chi connectivity index (χ2v) is 22.7. The van der Waals surface area contributed by atoms with Gasteiger partial charge in [0.25, 0.3) is 0 Å². The lowest BCUT2D eigenvalue weighted by Crippen LogP contribution is -2.30. The van der Waals surface area contributed by atoms with E-state index in [1.54, 1.807) is 0 Å². The van der Waals surface area contributed by atoms with Crippen LogP contribution in [0.4, 0.5) is 0 Å². The molecule has 6 nitrogen and oxygen atoms in total. The summed E-state index contributed by atoms with van der Waals surface area (Å²) in [5, 5.41) is 0. The van der Waals surface area contributed by atoms with Gasteiger partial charge < -0.3 is 14.2 Å². The van der Waals surface area contributed by atoms with E-state index in [0.717, 1.165) is 116 Å². The first-order chi connectivity index (χ1) is 40.0. The standard InChI is InChI=1S/C75H128O6/c1-4-7-10-13-16-19-22-25-27-29-31-33-35-36-37-38-40-41-43-45-47-50-53-56-59-62-65-68-74(77)80-71-72(70-79-73(76)67-64-61-58-55-52-49-24-21-18-15-12-9-6-3)81-75(78)69-66-63-60-57-54-51-48-46-44-42-39-34-32-30-28-26-23-20-17-14-11-8-5-2/h7,10,16,19,21,24-25,27,31,33,36-37,40-41,45,47,53,56,72H,4-6,8-9,11-15,17-18,20,22-23,26,28-30,32,34-35,38-39,42-44,46,48-52,54-55,57-71H2,1-3H3/b10-7-,19-16-,24-21-,27-25-,33-31-,37-36-,41-40-,47-45-,56-53-. The molecular formula is C75H128O6. The summed E-state index contributed by atoms with van der Waals surface area (Å²) < 4.78 is 16.9. The molecule has 0 spiro atoms. The van der Waals surface area contributed by atoms with E-state index in [0.29, 0.717) is 19.3 Å². The minimum atomic E-state index is -0.801. The van der Waals surface area contributed by atoms with Gasteiger partial charge in [-0.2, -0.15) is 0 Å². The van der Waals surface area contributed by atoms with Crippen molar-refractivity contribution in [3.05, 3.63) is 109 Å². The second-order valence-electron chi connectivity index (χ2n) is 22.7. The van der Waals surface area contributed by atoms with Gasteiger partial charge in [0.2, 0.25) is 0 Å². The molecule has 0 rings (SSSR count). The third-order valence-corrected chi connectivity index (χ3v) is 14.8. The molecule has 0 aromatic rings. The van der Waals surface area contributed by atoms with Crippen LogP contribution in [-0.2, 0) is 28.6 Å². The Kier molecular flexibility index (Phi) is 65.2. The summed E-state index contributed by atoms with van der Waals surface area (Å²) in [5.41, 5.74) is 0. The Morgan fingerprint density at radius 2 is 0.481 bits per heavy atom. The summed E-state index contributed by atoms with van der Waals surface area (Å²) >= 11 is 0. The molecule has 0 fully saturated rings. The summed E-state index contributed by atoms with van der Waals surface area (Å²) in [4.78, 5) is 38.4. The Bertz CT molecular complexity index is 1620. The summed E-state index contributed by atoms with van der Waals surface area (Å²) in [6, 6.07) is 0. The molecule has 0 aliphatic rings. The van der Waals surface area contributed by atoms with Crippen molar-refractivity contribution in [1.82, 2.24) is 0 Å². The lowest BCUT2D eigenvalue weighted by Gasteiger charge is -2.18. The zero-order valence-corrected chi connectivity index (χ0v) is 53.3. The molecule has 0 N–H and O–H groups in total. The first-order valence-corrected chi connectivity index (χ1v) is 34.4. The number of carbonyl (C=O) groups is 3. The molecule has 0 radical (unpaired) electrons. The lowest BCUT2D eigenvalue weighted by atomic mass is 10.0. The third-order valence-electron chi connectivity index (χ3n) is 14.8. The van der Waals surface area contributed by atoms with Gasteiger partial charge in [-0.05, 0) is 109 Å². The molecule has 0 aliphatic carbocycles. The number of rotatable bonds is 62. The Morgan fingerprint density at radius 1 is 0.259 bits per heavy atom. The van der Waals surface area contributed by atoms with E-state index in [1.165, 1.54) is 173 Å². The van der Waals surface area contributed by atoms with Crippen LogP contribution in [0.5, 0.6) is 0 Å². The van der Waals surface area contributed by atoms with Crippen LogP contribution < -0.4 is 0 Å². The second kappa shape index (κ2) is 68.6. The fourth-order valence-corrected chi connectivity index (χ4v) is 9.63. The van der Waals surface area contributed by atoms with Gasteiger partial charge in [-0.3, -0.25) is 14.4 Å². The van der Waals surface area contributed by atoms with E-state index >= 15 is 0 Å². The van der Waals surface area contributed by atoms with E-state index in [2.05, 4.69) is 130 Å². The normalized spacial score (nSPS) is 12.8. The average Bonchev–Trinajstić information content (AvgIpc) is 3.46. The Hall–Kier alpha value is -3.93. The predicted octanol–water partition coefficient (Wildman–Crippen LogP) is 23.8. The molecule has 0 saturated heterocycles. The number of ether oxygens (including phenoxy) is 3. The van der Waals surface area contributed by atoms with Crippen LogP contribution in [0.1, 0.15) is 329 Å². The summed E-state index contributed by atoms with van der Waals surface area (Å²) in [7, 11) is 0. The van der Waals surface area contributed by atoms with Gasteiger partial charge in [-0.15, -0.1) is 0 Å². The van der Waals surface area contributed by atoms with Crippen LogP contribution in [-0.4, -0.2) is 37.2 Å². The van der Waals surface area contributed by atoms with Crippen LogP contribution in [0.25, 0.3) is 0 Å². The predicted molar refractivity (Wildman–Crippen MR) is 353 cm³/mol. The van der Waals surface area contributed by atoms with E-state index in [9.17, 15) is 14.4 Å². The summed E-state index contributed by atoms with van der Waals surface area (Å²) in [6.07, 6.45) is 94.0. The van der Waals surface area contributed by atoms with Gasteiger partial charge in [0.15, 0.2) is 6.10 Å². The third kappa shape index (κ3) is 66.8. The topological polar surface area (TPSA) is 78.9 Å². The van der Waals surface area contributed by atoms with Crippen LogP contribution in [0.3, 0.4) is 0 Å². The van der Waals surface area contributed by atoms with Crippen molar-refractivity contribution in [2.75, 3.05) is 13.2 Å². The van der Waals surface area contributed by atoms with E-state index in [-0.39, 0.29) is 31.1 Å². The highest BCUT2D eigenvalue weighted by Gasteiger charge is 2.19. The maximum Gasteiger partial charge on any atom is 0.306 e. The molecule has 0 bridgehead atoms. The van der Waals surface area contributed by atoms with Crippen molar-refractivity contribution in [3.8, 4) is 0 Å². The van der Waals surface area contributed by atoms with E-state index in [1.807, 2.05) is 0 Å². The fraction of sp³-hybridized carbons (Fsp3) is 0.720. The average molecular weight is 1130 g/mol. The molecule has 81 heavy (non-hydrogen) atoms. The van der Waals surface area contributed by atoms with Gasteiger partial charge in [-0.25, -0.2) is 0 Å². The number of esters is 3. The highest BCUT2D eigenvalue weighted by Crippen LogP contribution is 2.17. The van der Waals surface area contributed by atoms with Crippen molar-refractivity contribution in [2.45, 2.75) is 335 Å². The van der Waals surface area contributed by atoms with Crippen LogP contribution in [0, 0.1) is 0 Å². The molecule has 0 aromatic heterocycles. The molecule has 0 saturated carbocycles. The van der Waals surface area contributed by atoms with Gasteiger partial charge in [0.1, 0.15) is 13.2 Å². The first kappa shape index (κ1) is 77.1. The maximum absolute atomic E-state index is 12.9. The van der Waals surface area contributed by atoms with Crippen molar-refractivity contribution in [3.63, 3.8) is 0 Å².